The number of carbonyl (C=O) groups is 2. The number of hydrogen-bond donors (Lipinski definition) is 3. The number of para-hydroxylation sites is 1. The Kier molecular flexibility index (Phi) is 8.03. The molecular formula is C26H29ClF2N8O3. The van der Waals surface area contributed by atoms with Gasteiger partial charge in [0.2, 0.25) is 5.76 Å². The maximum Gasteiger partial charge on any atom is 0.347 e. The maximum absolute atomic E-state index is 14.1. The molecule has 0 bridgehead atoms. The molecule has 2 fully saturated rings. The summed E-state index contributed by atoms with van der Waals surface area (Å²) >= 11 is 6.13. The summed E-state index contributed by atoms with van der Waals surface area (Å²) in [5.74, 6) is -0.891. The van der Waals surface area contributed by atoms with Crippen LogP contribution in [-0.4, -0.2) is 66.1 Å². The van der Waals surface area contributed by atoms with Crippen molar-refractivity contribution in [2.24, 2.45) is 5.73 Å². The Morgan fingerprint density at radius 1 is 0.950 bits per heavy atom. The molecule has 3 amide bonds. The largest absolute Gasteiger partial charge is 0.418 e. The number of piperazine rings is 1. The minimum absolute atomic E-state index is 0.0434. The number of pyridine rings is 1. The molecule has 0 saturated carbocycles. The van der Waals surface area contributed by atoms with Crippen LogP contribution in [0.2, 0.25) is 5.02 Å². The van der Waals surface area contributed by atoms with Crippen molar-refractivity contribution in [2.75, 3.05) is 59.7 Å². The van der Waals surface area contributed by atoms with Gasteiger partial charge in [0.15, 0.2) is 5.69 Å². The SMILES string of the molecule is NC(F)(F)c1nc(N2CCCCC2)oc1C(=O)Nc1ccc(N2CCN(C(=O)Nc3ccccc3Cl)CC2)nc1. The molecule has 1 aromatic carbocycles. The van der Waals surface area contributed by atoms with E-state index in [-0.39, 0.29) is 17.7 Å². The molecule has 3 aromatic rings. The number of benzene rings is 1. The predicted molar refractivity (Wildman–Crippen MR) is 147 cm³/mol. The summed E-state index contributed by atoms with van der Waals surface area (Å²) in [6.07, 6.45) is 4.20. The number of rotatable bonds is 6. The smallest absolute Gasteiger partial charge is 0.347 e. The highest BCUT2D eigenvalue weighted by molar-refractivity contribution is 6.33. The molecule has 2 aromatic heterocycles. The molecule has 0 atom stereocenters. The molecule has 2 saturated heterocycles. The number of aromatic nitrogens is 2. The van der Waals surface area contributed by atoms with E-state index in [1.165, 1.54) is 6.20 Å². The van der Waals surface area contributed by atoms with Gasteiger partial charge in [0.1, 0.15) is 5.82 Å². The first-order chi connectivity index (χ1) is 19.2. The summed E-state index contributed by atoms with van der Waals surface area (Å²) < 4.78 is 33.6. The van der Waals surface area contributed by atoms with E-state index in [9.17, 15) is 18.4 Å². The van der Waals surface area contributed by atoms with Gasteiger partial charge in [-0.2, -0.15) is 13.8 Å². The summed E-state index contributed by atoms with van der Waals surface area (Å²) in [5.41, 5.74) is 4.92. The fourth-order valence-electron chi connectivity index (χ4n) is 4.64. The number of anilines is 4. The van der Waals surface area contributed by atoms with Crippen LogP contribution < -0.4 is 26.2 Å². The molecule has 0 unspecified atom stereocenters. The molecule has 2 aliphatic heterocycles. The second-order valence-electron chi connectivity index (χ2n) is 9.59. The highest BCUT2D eigenvalue weighted by Crippen LogP contribution is 2.31. The zero-order valence-corrected chi connectivity index (χ0v) is 22.3. The normalized spacial score (nSPS) is 16.1. The zero-order valence-electron chi connectivity index (χ0n) is 21.6. The molecule has 0 aliphatic carbocycles. The van der Waals surface area contributed by atoms with Gasteiger partial charge >= 0.3 is 12.1 Å². The molecule has 0 radical (unpaired) electrons. The molecule has 4 heterocycles. The number of alkyl halides is 2. The number of amides is 3. The van der Waals surface area contributed by atoms with E-state index in [1.54, 1.807) is 46.2 Å². The van der Waals surface area contributed by atoms with Gasteiger partial charge in [-0.15, -0.1) is 0 Å². The van der Waals surface area contributed by atoms with Gasteiger partial charge < -0.3 is 29.8 Å². The van der Waals surface area contributed by atoms with Gasteiger partial charge in [-0.05, 0) is 43.5 Å². The third kappa shape index (κ3) is 6.26. The number of piperidine rings is 1. The van der Waals surface area contributed by atoms with Crippen molar-refractivity contribution in [3.05, 3.63) is 59.1 Å². The van der Waals surface area contributed by atoms with E-state index in [2.05, 4.69) is 20.6 Å². The lowest BCUT2D eigenvalue weighted by Crippen LogP contribution is -2.50. The fourth-order valence-corrected chi connectivity index (χ4v) is 4.82. The molecule has 5 rings (SSSR count). The van der Waals surface area contributed by atoms with Gasteiger partial charge in [0, 0.05) is 39.3 Å². The Morgan fingerprint density at radius 2 is 1.68 bits per heavy atom. The third-order valence-electron chi connectivity index (χ3n) is 6.78. The number of nitrogens with zero attached hydrogens (tertiary/aromatic N) is 5. The molecule has 4 N–H and O–H groups in total. The van der Waals surface area contributed by atoms with Crippen LogP contribution in [-0.2, 0) is 6.05 Å². The Labute approximate surface area is 234 Å². The lowest BCUT2D eigenvalue weighted by Gasteiger charge is -2.35. The molecule has 11 nitrogen and oxygen atoms in total. The minimum Gasteiger partial charge on any atom is -0.418 e. The van der Waals surface area contributed by atoms with Gasteiger partial charge in [0.25, 0.3) is 11.9 Å². The molecular weight excluding hydrogens is 546 g/mol. The second-order valence-corrected chi connectivity index (χ2v) is 10.00. The molecule has 40 heavy (non-hydrogen) atoms. The van der Waals surface area contributed by atoms with Crippen LogP contribution in [0.5, 0.6) is 0 Å². The molecule has 212 valence electrons. The first-order valence-electron chi connectivity index (χ1n) is 12.9. The lowest BCUT2D eigenvalue weighted by molar-refractivity contribution is -0.00269. The van der Waals surface area contributed by atoms with Crippen molar-refractivity contribution >= 4 is 46.7 Å². The maximum atomic E-state index is 14.1. The van der Waals surface area contributed by atoms with Gasteiger partial charge in [-0.3, -0.25) is 10.5 Å². The van der Waals surface area contributed by atoms with Crippen molar-refractivity contribution in [2.45, 2.75) is 25.3 Å². The van der Waals surface area contributed by atoms with Crippen LogP contribution in [0.3, 0.4) is 0 Å². The highest BCUT2D eigenvalue weighted by atomic mass is 35.5. The third-order valence-corrected chi connectivity index (χ3v) is 7.11. The molecule has 0 spiro atoms. The first kappa shape index (κ1) is 27.6. The Balaban J connectivity index is 1.19. The summed E-state index contributed by atoms with van der Waals surface area (Å²) in [4.78, 5) is 39.2. The van der Waals surface area contributed by atoms with Crippen molar-refractivity contribution in [1.29, 1.82) is 0 Å². The number of urea groups is 1. The standard InChI is InChI=1S/C26H29ClF2N8O3/c27-18-6-2-3-7-19(18)33-24(39)36-14-12-35(13-15-36)20-9-8-17(16-31-20)32-23(38)21-22(26(28,29)30)34-25(40-21)37-10-4-1-5-11-37/h2-3,6-9,16H,1,4-5,10-15,30H2,(H,32,38)(H,33,39). The lowest BCUT2D eigenvalue weighted by atomic mass is 10.1. The van der Waals surface area contributed by atoms with Gasteiger partial charge in [-0.25, -0.2) is 9.78 Å². The van der Waals surface area contributed by atoms with Crippen LogP contribution in [0.15, 0.2) is 47.0 Å². The summed E-state index contributed by atoms with van der Waals surface area (Å²) in [7, 11) is 0. The van der Waals surface area contributed by atoms with E-state index in [0.29, 0.717) is 55.8 Å². The Morgan fingerprint density at radius 3 is 2.33 bits per heavy atom. The average Bonchev–Trinajstić information content (AvgIpc) is 3.42. The van der Waals surface area contributed by atoms with Gasteiger partial charge in [-0.1, -0.05) is 23.7 Å². The van der Waals surface area contributed by atoms with Crippen molar-refractivity contribution in [3.8, 4) is 0 Å². The van der Waals surface area contributed by atoms with E-state index in [0.717, 1.165) is 19.3 Å². The average molecular weight is 575 g/mol. The zero-order chi connectivity index (χ0) is 28.3. The molecule has 14 heteroatoms. The number of hydrogen-bond acceptors (Lipinski definition) is 8. The molecule has 2 aliphatic rings. The number of halogens is 3. The number of carbonyl (C=O) groups excluding carboxylic acids is 2. The van der Waals surface area contributed by atoms with Crippen molar-refractivity contribution < 1.29 is 22.8 Å². The number of nitrogens with two attached hydrogens (primary N) is 1. The summed E-state index contributed by atoms with van der Waals surface area (Å²) in [6, 6.07) is 6.20. The summed E-state index contributed by atoms with van der Waals surface area (Å²) in [5, 5.41) is 5.81. The van der Waals surface area contributed by atoms with Crippen LogP contribution in [0, 0.1) is 0 Å². The quantitative estimate of drug-likeness (QED) is 0.371. The van der Waals surface area contributed by atoms with E-state index < -0.39 is 23.4 Å². The highest BCUT2D eigenvalue weighted by Gasteiger charge is 2.38. The summed E-state index contributed by atoms with van der Waals surface area (Å²) in [6.45, 7) is 3.22. The van der Waals surface area contributed by atoms with Crippen LogP contribution in [0.4, 0.5) is 36.8 Å². The second kappa shape index (κ2) is 11.6. The Hall–Kier alpha value is -3.97. The fraction of sp³-hybridized carbons (Fsp3) is 0.385. The van der Waals surface area contributed by atoms with Crippen LogP contribution in [0.25, 0.3) is 0 Å². The van der Waals surface area contributed by atoms with E-state index in [4.69, 9.17) is 21.8 Å². The first-order valence-corrected chi connectivity index (χ1v) is 13.3. The predicted octanol–water partition coefficient (Wildman–Crippen LogP) is 4.33. The van der Waals surface area contributed by atoms with Crippen molar-refractivity contribution in [1.82, 2.24) is 14.9 Å². The van der Waals surface area contributed by atoms with Crippen LogP contribution in [0.1, 0.15) is 35.5 Å². The monoisotopic (exact) mass is 574 g/mol. The van der Waals surface area contributed by atoms with E-state index >= 15 is 0 Å². The van der Waals surface area contributed by atoms with E-state index in [1.807, 2.05) is 4.90 Å². The van der Waals surface area contributed by atoms with Crippen molar-refractivity contribution in [3.63, 3.8) is 0 Å². The number of oxazole rings is 1. The minimum atomic E-state index is -3.85. The van der Waals surface area contributed by atoms with Gasteiger partial charge in [0.05, 0.1) is 22.6 Å². The topological polar surface area (TPSA) is 133 Å². The van der Waals surface area contributed by atoms with Crippen LogP contribution >= 0.6 is 11.6 Å². The number of nitrogens with one attached hydrogen (secondary N) is 2. The Bertz CT molecular complexity index is 1350.